The molecule has 1 aromatic carbocycles. The van der Waals surface area contributed by atoms with Crippen molar-refractivity contribution in [3.8, 4) is 0 Å². The molecule has 1 unspecified atom stereocenters. The number of amides is 3. The average Bonchev–Trinajstić information content (AvgIpc) is 3.34. The largest absolute Gasteiger partial charge is 0.395 e. The number of rotatable bonds is 7. The fraction of sp³-hybridized carbons (Fsp3) is 0.368. The van der Waals surface area contributed by atoms with Crippen LogP contribution in [0.4, 0.5) is 11.4 Å². The molecule has 0 bridgehead atoms. The van der Waals surface area contributed by atoms with Crippen molar-refractivity contribution in [2.45, 2.75) is 25.9 Å². The third-order valence-corrected chi connectivity index (χ3v) is 5.51. The predicted molar refractivity (Wildman–Crippen MR) is 110 cm³/mol. The van der Waals surface area contributed by atoms with E-state index in [4.69, 9.17) is 16.2 Å². The molecule has 0 radical (unpaired) electrons. The second-order valence-electron chi connectivity index (χ2n) is 6.76. The van der Waals surface area contributed by atoms with Gasteiger partial charge in [0.1, 0.15) is 11.4 Å². The number of anilines is 2. The lowest BCUT2D eigenvalue weighted by atomic mass is 10.1. The van der Waals surface area contributed by atoms with Crippen LogP contribution >= 0.6 is 11.5 Å². The van der Waals surface area contributed by atoms with Gasteiger partial charge >= 0.3 is 0 Å². The van der Waals surface area contributed by atoms with E-state index in [1.165, 1.54) is 4.90 Å². The summed E-state index contributed by atoms with van der Waals surface area (Å²) in [7, 11) is 0. The Kier molecular flexibility index (Phi) is 6.45. The molecule has 0 saturated carbocycles. The van der Waals surface area contributed by atoms with Crippen molar-refractivity contribution in [1.29, 1.82) is 0 Å². The van der Waals surface area contributed by atoms with Crippen molar-refractivity contribution in [2.75, 3.05) is 30.3 Å². The summed E-state index contributed by atoms with van der Waals surface area (Å²) in [5.74, 6) is -1.65. The number of benzene rings is 1. The first-order valence-electron chi connectivity index (χ1n) is 9.19. The summed E-state index contributed by atoms with van der Waals surface area (Å²) in [6.45, 7) is 2.72. The summed E-state index contributed by atoms with van der Waals surface area (Å²) in [5, 5.41) is 2.81. The molecule has 29 heavy (non-hydrogen) atoms. The van der Waals surface area contributed by atoms with Crippen molar-refractivity contribution in [2.24, 2.45) is 5.73 Å². The molecule has 0 aliphatic carbocycles. The minimum atomic E-state index is -0.811. The summed E-state index contributed by atoms with van der Waals surface area (Å²) in [6, 6.07) is 7.20. The highest BCUT2D eigenvalue weighted by molar-refractivity contribution is 7.09. The number of hydrogen-bond acceptors (Lipinski definition) is 7. The first-order valence-corrected chi connectivity index (χ1v) is 9.96. The van der Waals surface area contributed by atoms with Gasteiger partial charge in [-0.2, -0.15) is 4.37 Å². The number of aromatic nitrogens is 1. The molecular weight excluding hydrogens is 394 g/mol. The van der Waals surface area contributed by atoms with E-state index in [0.717, 1.165) is 29.9 Å². The first kappa shape index (κ1) is 20.7. The Labute approximate surface area is 172 Å². The van der Waals surface area contributed by atoms with Crippen LogP contribution in [0, 0.1) is 6.92 Å². The van der Waals surface area contributed by atoms with E-state index in [1.807, 2.05) is 19.1 Å². The topological polar surface area (TPSA) is 141 Å². The maximum absolute atomic E-state index is 13.2. The third kappa shape index (κ3) is 4.72. The molecule has 2 aromatic rings. The smallest absolute Gasteiger partial charge is 0.272 e. The van der Waals surface area contributed by atoms with Crippen LogP contribution in [-0.2, 0) is 9.53 Å². The van der Waals surface area contributed by atoms with Crippen LogP contribution in [0.5, 0.6) is 0 Å². The lowest BCUT2D eigenvalue weighted by Gasteiger charge is -2.24. The zero-order valence-corrected chi connectivity index (χ0v) is 16.8. The zero-order valence-electron chi connectivity index (χ0n) is 16.0. The number of carbonyl (C=O) groups is 3. The molecule has 3 amide bonds. The number of nitrogens with zero attached hydrogens (tertiary/aromatic N) is 2. The van der Waals surface area contributed by atoms with Crippen LogP contribution < -0.4 is 21.7 Å². The maximum Gasteiger partial charge on any atom is 0.272 e. The summed E-state index contributed by atoms with van der Waals surface area (Å²) in [5.41, 5.74) is 12.3. The quantitative estimate of drug-likeness (QED) is 0.615. The standard InChI is InChI=1S/C19H23N5O4S/c1-11-5-2-3-7-13(11)24(10-14(25)22-9-12-6-4-8-28-12)19(27)17-15(20)16(18(21)26)23-29-17/h2-3,5,7,12H,4,6,8-10,20H2,1H3,(H2,21,26)(H,22,25). The zero-order chi connectivity index (χ0) is 21.0. The SMILES string of the molecule is Cc1ccccc1N(CC(=O)NCC1CCCO1)C(=O)c1snc(C(N)=O)c1N. The third-order valence-electron chi connectivity index (χ3n) is 4.66. The molecule has 1 fully saturated rings. The monoisotopic (exact) mass is 417 g/mol. The number of hydrogen-bond donors (Lipinski definition) is 3. The Hall–Kier alpha value is -2.98. The molecule has 9 nitrogen and oxygen atoms in total. The van der Waals surface area contributed by atoms with Crippen molar-refractivity contribution in [1.82, 2.24) is 9.69 Å². The number of ether oxygens (including phenoxy) is 1. The van der Waals surface area contributed by atoms with Gasteiger partial charge in [0.05, 0.1) is 11.8 Å². The van der Waals surface area contributed by atoms with Crippen molar-refractivity contribution in [3.05, 3.63) is 40.4 Å². The van der Waals surface area contributed by atoms with E-state index in [-0.39, 0.29) is 34.8 Å². The molecule has 1 aliphatic heterocycles. The van der Waals surface area contributed by atoms with Gasteiger partial charge in [-0.15, -0.1) is 0 Å². The van der Waals surface area contributed by atoms with Gasteiger partial charge in [0, 0.05) is 18.8 Å². The van der Waals surface area contributed by atoms with E-state index >= 15 is 0 Å². The summed E-state index contributed by atoms with van der Waals surface area (Å²) in [4.78, 5) is 38.6. The molecule has 1 aromatic heterocycles. The molecule has 154 valence electrons. The van der Waals surface area contributed by atoms with Gasteiger partial charge in [-0.3, -0.25) is 19.3 Å². The van der Waals surface area contributed by atoms with Crippen molar-refractivity contribution < 1.29 is 19.1 Å². The summed E-state index contributed by atoms with van der Waals surface area (Å²) in [6.07, 6.45) is 1.87. The summed E-state index contributed by atoms with van der Waals surface area (Å²) < 4.78 is 9.39. The Morgan fingerprint density at radius 1 is 1.34 bits per heavy atom. The Morgan fingerprint density at radius 3 is 2.72 bits per heavy atom. The fourth-order valence-corrected chi connectivity index (χ4v) is 3.87. The molecule has 1 atom stereocenters. The van der Waals surface area contributed by atoms with Crippen LogP contribution in [0.3, 0.4) is 0 Å². The molecule has 10 heteroatoms. The second-order valence-corrected chi connectivity index (χ2v) is 7.53. The number of nitrogens with one attached hydrogen (secondary N) is 1. The average molecular weight is 417 g/mol. The lowest BCUT2D eigenvalue weighted by Crippen LogP contribution is -2.43. The van der Waals surface area contributed by atoms with E-state index in [1.54, 1.807) is 12.1 Å². The van der Waals surface area contributed by atoms with Crippen LogP contribution in [-0.4, -0.2) is 47.9 Å². The van der Waals surface area contributed by atoms with E-state index in [9.17, 15) is 14.4 Å². The van der Waals surface area contributed by atoms with Gasteiger partial charge in [0.25, 0.3) is 11.8 Å². The number of carbonyl (C=O) groups excluding carboxylic acids is 3. The molecule has 2 heterocycles. The van der Waals surface area contributed by atoms with Gasteiger partial charge in [-0.25, -0.2) is 0 Å². The minimum Gasteiger partial charge on any atom is -0.395 e. The van der Waals surface area contributed by atoms with E-state index < -0.39 is 11.8 Å². The minimum absolute atomic E-state index is 0.00294. The Bertz CT molecular complexity index is 923. The van der Waals surface area contributed by atoms with Gasteiger partial charge in [-0.1, -0.05) is 18.2 Å². The van der Waals surface area contributed by atoms with Gasteiger partial charge in [-0.05, 0) is 42.9 Å². The molecular formula is C19H23N5O4S. The first-order chi connectivity index (χ1) is 13.9. The van der Waals surface area contributed by atoms with Crippen molar-refractivity contribution in [3.63, 3.8) is 0 Å². The highest BCUT2D eigenvalue weighted by Gasteiger charge is 2.28. The lowest BCUT2D eigenvalue weighted by molar-refractivity contribution is -0.120. The normalized spacial score (nSPS) is 15.8. The molecule has 0 spiro atoms. The number of nitrogens with two attached hydrogens (primary N) is 2. The number of aryl methyl sites for hydroxylation is 1. The van der Waals surface area contributed by atoms with Crippen molar-refractivity contribution >= 4 is 40.6 Å². The summed E-state index contributed by atoms with van der Waals surface area (Å²) >= 11 is 0.784. The van der Waals surface area contributed by atoms with Crippen LogP contribution in [0.25, 0.3) is 0 Å². The molecule has 5 N–H and O–H groups in total. The predicted octanol–water partition coefficient (Wildman–Crippen LogP) is 1.07. The highest BCUT2D eigenvalue weighted by atomic mass is 32.1. The molecule has 3 rings (SSSR count). The number of primary amides is 1. The molecule has 1 aliphatic rings. The van der Waals surface area contributed by atoms with E-state index in [2.05, 4.69) is 9.69 Å². The van der Waals surface area contributed by atoms with Crippen LogP contribution in [0.2, 0.25) is 0 Å². The fourth-order valence-electron chi connectivity index (χ4n) is 3.12. The Morgan fingerprint density at radius 2 is 2.10 bits per heavy atom. The number of para-hydroxylation sites is 1. The highest BCUT2D eigenvalue weighted by Crippen LogP contribution is 2.27. The van der Waals surface area contributed by atoms with Gasteiger partial charge in [0.2, 0.25) is 5.91 Å². The van der Waals surface area contributed by atoms with Crippen LogP contribution in [0.15, 0.2) is 24.3 Å². The maximum atomic E-state index is 13.2. The van der Waals surface area contributed by atoms with E-state index in [0.29, 0.717) is 18.8 Å². The Balaban J connectivity index is 1.83. The van der Waals surface area contributed by atoms with Gasteiger partial charge in [0.15, 0.2) is 5.69 Å². The van der Waals surface area contributed by atoms with Crippen LogP contribution in [0.1, 0.15) is 38.6 Å². The molecule has 1 saturated heterocycles. The number of nitrogen functional groups attached to an aromatic ring is 1. The second kappa shape index (κ2) is 9.01. The van der Waals surface area contributed by atoms with Gasteiger partial charge < -0.3 is 21.5 Å².